The number of benzene rings is 2. The van der Waals surface area contributed by atoms with E-state index < -0.39 is 10.0 Å². The molecule has 0 bridgehead atoms. The summed E-state index contributed by atoms with van der Waals surface area (Å²) in [4.78, 5) is 15.8. The number of methoxy groups -OCH3 is 2. The van der Waals surface area contributed by atoms with Crippen molar-refractivity contribution < 1.29 is 22.7 Å². The van der Waals surface area contributed by atoms with Gasteiger partial charge in [-0.15, -0.1) is 0 Å². The number of sulfonamides is 1. The molecular weight excluding hydrogens is 452 g/mol. The Hall–Kier alpha value is -2.58. The van der Waals surface area contributed by atoms with E-state index in [0.29, 0.717) is 43.1 Å². The molecule has 184 valence electrons. The van der Waals surface area contributed by atoms with E-state index in [9.17, 15) is 13.2 Å². The number of nitrogens with zero attached hydrogens (tertiary/aromatic N) is 2. The first kappa shape index (κ1) is 24.5. The van der Waals surface area contributed by atoms with Gasteiger partial charge in [0, 0.05) is 37.2 Å². The number of amides is 1. The Morgan fingerprint density at radius 1 is 0.941 bits per heavy atom. The van der Waals surface area contributed by atoms with Gasteiger partial charge in [0.05, 0.1) is 25.2 Å². The van der Waals surface area contributed by atoms with Gasteiger partial charge in [-0.1, -0.05) is 17.7 Å². The second kappa shape index (κ2) is 9.96. The maximum Gasteiger partial charge on any atom is 0.243 e. The molecule has 2 saturated heterocycles. The average molecular weight is 487 g/mol. The van der Waals surface area contributed by atoms with Crippen LogP contribution in [0.4, 0.5) is 0 Å². The number of carbonyl (C=O) groups excluding carboxylic acids is 1. The van der Waals surface area contributed by atoms with Gasteiger partial charge in [0.2, 0.25) is 15.9 Å². The molecule has 2 aliphatic heterocycles. The zero-order valence-corrected chi connectivity index (χ0v) is 21.2. The van der Waals surface area contributed by atoms with E-state index >= 15 is 0 Å². The van der Waals surface area contributed by atoms with Crippen LogP contribution in [0.25, 0.3) is 0 Å². The van der Waals surface area contributed by atoms with Crippen molar-refractivity contribution in [1.29, 1.82) is 0 Å². The smallest absolute Gasteiger partial charge is 0.243 e. The molecule has 0 saturated carbocycles. The highest BCUT2D eigenvalue weighted by molar-refractivity contribution is 7.89. The van der Waals surface area contributed by atoms with E-state index in [4.69, 9.17) is 9.47 Å². The van der Waals surface area contributed by atoms with Crippen LogP contribution in [0, 0.1) is 19.8 Å². The van der Waals surface area contributed by atoms with E-state index in [1.165, 1.54) is 4.31 Å². The average Bonchev–Trinajstić information content (AvgIpc) is 3.32. The number of likely N-dealkylation sites (tertiary alicyclic amines) is 1. The Labute approximate surface area is 202 Å². The van der Waals surface area contributed by atoms with Crippen molar-refractivity contribution in [3.63, 3.8) is 0 Å². The van der Waals surface area contributed by atoms with Gasteiger partial charge >= 0.3 is 0 Å². The molecule has 2 aliphatic rings. The van der Waals surface area contributed by atoms with E-state index in [1.54, 1.807) is 20.3 Å². The maximum absolute atomic E-state index is 13.5. The van der Waals surface area contributed by atoms with Gasteiger partial charge in [0.15, 0.2) is 0 Å². The molecule has 2 heterocycles. The largest absolute Gasteiger partial charge is 0.497 e. The Balaban J connectivity index is 1.46. The number of hydrogen-bond donors (Lipinski definition) is 0. The summed E-state index contributed by atoms with van der Waals surface area (Å²) in [5, 5.41) is 0. The molecule has 4 rings (SSSR count). The Morgan fingerprint density at radius 3 is 2.32 bits per heavy atom. The minimum absolute atomic E-state index is 0.0367. The third-order valence-corrected chi connectivity index (χ3v) is 9.15. The molecule has 2 fully saturated rings. The van der Waals surface area contributed by atoms with Gasteiger partial charge in [-0.2, -0.15) is 4.31 Å². The van der Waals surface area contributed by atoms with Crippen molar-refractivity contribution in [2.45, 2.75) is 50.5 Å². The van der Waals surface area contributed by atoms with Gasteiger partial charge in [0.25, 0.3) is 0 Å². The molecule has 1 atom stereocenters. The molecule has 1 amide bonds. The van der Waals surface area contributed by atoms with Crippen LogP contribution in [0.2, 0.25) is 0 Å². The number of carbonyl (C=O) groups is 1. The maximum atomic E-state index is 13.5. The molecule has 2 aromatic rings. The van der Waals surface area contributed by atoms with Crippen LogP contribution in [0.1, 0.15) is 48.4 Å². The quantitative estimate of drug-likeness (QED) is 0.615. The van der Waals surface area contributed by atoms with Gasteiger partial charge < -0.3 is 14.4 Å². The molecule has 1 unspecified atom stereocenters. The van der Waals surface area contributed by atoms with Gasteiger partial charge in [-0.05, 0) is 63.3 Å². The lowest BCUT2D eigenvalue weighted by Crippen LogP contribution is -2.44. The van der Waals surface area contributed by atoms with Crippen molar-refractivity contribution in [2.24, 2.45) is 5.92 Å². The van der Waals surface area contributed by atoms with Crippen LogP contribution < -0.4 is 9.47 Å². The number of hydrogen-bond acceptors (Lipinski definition) is 5. The van der Waals surface area contributed by atoms with Gasteiger partial charge in [-0.25, -0.2) is 8.42 Å². The van der Waals surface area contributed by atoms with Gasteiger partial charge in [0.1, 0.15) is 11.5 Å². The summed E-state index contributed by atoms with van der Waals surface area (Å²) in [5.74, 6) is 1.38. The van der Waals surface area contributed by atoms with Crippen molar-refractivity contribution in [2.75, 3.05) is 33.9 Å². The number of ether oxygens (including phenoxy) is 2. The predicted octanol–water partition coefficient (Wildman–Crippen LogP) is 4.09. The summed E-state index contributed by atoms with van der Waals surface area (Å²) in [7, 11) is -0.319. The van der Waals surface area contributed by atoms with Crippen LogP contribution in [0.15, 0.2) is 41.3 Å². The molecule has 0 aromatic heterocycles. The molecule has 7 nitrogen and oxygen atoms in total. The van der Waals surface area contributed by atoms with Crippen molar-refractivity contribution in [1.82, 2.24) is 9.21 Å². The van der Waals surface area contributed by atoms with Crippen LogP contribution in [-0.2, 0) is 14.8 Å². The van der Waals surface area contributed by atoms with Crippen LogP contribution >= 0.6 is 0 Å². The number of aryl methyl sites for hydroxylation is 2. The summed E-state index contributed by atoms with van der Waals surface area (Å²) in [6.07, 6.45) is 2.89. The standard InChI is InChI=1S/C26H34N2O5S/c1-18-7-10-25(19(2)16-18)34(30,31)27-14-11-20(12-15-27)26(29)28-13-5-6-23(28)22-9-8-21(32-3)17-24(22)33-4/h7-10,16-17,20,23H,5-6,11-15H2,1-4H3. The second-order valence-electron chi connectivity index (χ2n) is 9.24. The fraction of sp³-hybridized carbons (Fsp3) is 0.500. The molecule has 8 heteroatoms. The van der Waals surface area contributed by atoms with E-state index in [-0.39, 0.29) is 17.9 Å². The summed E-state index contributed by atoms with van der Waals surface area (Å²) in [5.41, 5.74) is 2.78. The number of piperidine rings is 1. The molecule has 0 aliphatic carbocycles. The third-order valence-electron chi connectivity index (χ3n) is 7.09. The Bertz CT molecular complexity index is 1160. The normalized spacial score (nSPS) is 19.9. The second-order valence-corrected chi connectivity index (χ2v) is 11.2. The summed E-state index contributed by atoms with van der Waals surface area (Å²) < 4.78 is 38.9. The molecular formula is C26H34N2O5S. The molecule has 2 aromatic carbocycles. The number of rotatable bonds is 6. The summed E-state index contributed by atoms with van der Waals surface area (Å²) in [6.45, 7) is 5.21. The van der Waals surface area contributed by atoms with Crippen LogP contribution in [0.3, 0.4) is 0 Å². The van der Waals surface area contributed by atoms with Crippen LogP contribution in [-0.4, -0.2) is 57.4 Å². The lowest BCUT2D eigenvalue weighted by atomic mass is 9.95. The lowest BCUT2D eigenvalue weighted by Gasteiger charge is -2.35. The fourth-order valence-electron chi connectivity index (χ4n) is 5.25. The van der Waals surface area contributed by atoms with Crippen molar-refractivity contribution in [3.8, 4) is 11.5 Å². The topological polar surface area (TPSA) is 76.2 Å². The van der Waals surface area contributed by atoms with Crippen LogP contribution in [0.5, 0.6) is 11.5 Å². The summed E-state index contributed by atoms with van der Waals surface area (Å²) in [6, 6.07) is 11.1. The molecule has 34 heavy (non-hydrogen) atoms. The first-order chi connectivity index (χ1) is 16.3. The SMILES string of the molecule is COc1ccc(C2CCCN2C(=O)C2CCN(S(=O)(=O)c3ccc(C)cc3C)CC2)c(OC)c1. The van der Waals surface area contributed by atoms with Crippen molar-refractivity contribution in [3.05, 3.63) is 53.1 Å². The Morgan fingerprint density at radius 2 is 1.68 bits per heavy atom. The molecule has 0 spiro atoms. The highest BCUT2D eigenvalue weighted by atomic mass is 32.2. The molecule has 0 radical (unpaired) electrons. The first-order valence-electron chi connectivity index (χ1n) is 11.9. The minimum Gasteiger partial charge on any atom is -0.497 e. The van der Waals surface area contributed by atoms with Crippen molar-refractivity contribution >= 4 is 15.9 Å². The van der Waals surface area contributed by atoms with E-state index in [2.05, 4.69) is 0 Å². The predicted molar refractivity (Wildman–Crippen MR) is 131 cm³/mol. The van der Waals surface area contributed by atoms with E-state index in [1.807, 2.05) is 49.1 Å². The highest BCUT2D eigenvalue weighted by Crippen LogP contribution is 2.40. The Kier molecular flexibility index (Phi) is 7.19. The minimum atomic E-state index is -3.57. The molecule has 0 N–H and O–H groups in total. The monoisotopic (exact) mass is 486 g/mol. The lowest BCUT2D eigenvalue weighted by molar-refractivity contribution is -0.137. The van der Waals surface area contributed by atoms with Gasteiger partial charge in [-0.3, -0.25) is 4.79 Å². The fourth-order valence-corrected chi connectivity index (χ4v) is 6.93. The zero-order chi connectivity index (χ0) is 24.5. The third kappa shape index (κ3) is 4.66. The highest BCUT2D eigenvalue weighted by Gasteiger charge is 2.38. The summed E-state index contributed by atoms with van der Waals surface area (Å²) >= 11 is 0. The first-order valence-corrected chi connectivity index (χ1v) is 13.3. The van der Waals surface area contributed by atoms with E-state index in [0.717, 1.165) is 35.3 Å². The zero-order valence-electron chi connectivity index (χ0n) is 20.4.